The minimum Gasteiger partial charge on any atom is -0.490 e. The Morgan fingerprint density at radius 1 is 0.952 bits per heavy atom. The average molecular weight is 315 g/mol. The number of thiophene rings is 1. The zero-order valence-corrected chi connectivity index (χ0v) is 12.9. The zero-order valence-electron chi connectivity index (χ0n) is 11.2. The molecule has 0 atom stereocenters. The summed E-state index contributed by atoms with van der Waals surface area (Å²) in [6.45, 7) is 1.42. The fourth-order valence-electron chi connectivity index (χ4n) is 2.25. The van der Waals surface area contributed by atoms with Gasteiger partial charge in [0.2, 0.25) is 0 Å². The van der Waals surface area contributed by atoms with Crippen LogP contribution in [0, 0.1) is 0 Å². The van der Waals surface area contributed by atoms with Gasteiger partial charge in [-0.3, -0.25) is 0 Å². The number of hydrogen-bond acceptors (Lipinski definition) is 5. The number of benzene rings is 1. The van der Waals surface area contributed by atoms with E-state index in [-0.39, 0.29) is 0 Å². The summed E-state index contributed by atoms with van der Waals surface area (Å²) in [4.78, 5) is 4.72. The minimum absolute atomic E-state index is 0.702. The molecule has 0 saturated heterocycles. The van der Waals surface area contributed by atoms with Gasteiger partial charge >= 0.3 is 0 Å². The third-order valence-corrected chi connectivity index (χ3v) is 4.89. The molecule has 21 heavy (non-hydrogen) atoms. The number of thiazole rings is 1. The van der Waals surface area contributed by atoms with Crippen LogP contribution in [0.15, 0.2) is 40.4 Å². The van der Waals surface area contributed by atoms with Crippen molar-refractivity contribution in [3.63, 3.8) is 0 Å². The van der Waals surface area contributed by atoms with Gasteiger partial charge < -0.3 is 9.47 Å². The van der Waals surface area contributed by atoms with Crippen LogP contribution in [-0.2, 0) is 0 Å². The van der Waals surface area contributed by atoms with Gasteiger partial charge in [0, 0.05) is 28.3 Å². The van der Waals surface area contributed by atoms with Crippen molar-refractivity contribution in [2.24, 2.45) is 0 Å². The maximum Gasteiger partial charge on any atom is 0.161 e. The lowest BCUT2D eigenvalue weighted by atomic mass is 10.1. The Morgan fingerprint density at radius 3 is 2.71 bits per heavy atom. The van der Waals surface area contributed by atoms with Crippen molar-refractivity contribution in [1.82, 2.24) is 4.98 Å². The van der Waals surface area contributed by atoms with Crippen molar-refractivity contribution < 1.29 is 9.47 Å². The van der Waals surface area contributed by atoms with Crippen molar-refractivity contribution in [2.45, 2.75) is 6.42 Å². The maximum absolute atomic E-state index is 5.74. The monoisotopic (exact) mass is 315 g/mol. The molecule has 0 saturated carbocycles. The van der Waals surface area contributed by atoms with E-state index >= 15 is 0 Å². The van der Waals surface area contributed by atoms with Crippen LogP contribution in [0.3, 0.4) is 0 Å². The molecule has 5 heteroatoms. The molecule has 0 spiro atoms. The third-order valence-electron chi connectivity index (χ3n) is 3.32. The Hall–Kier alpha value is -1.85. The third kappa shape index (κ3) is 2.54. The maximum atomic E-state index is 5.74. The molecular formula is C16H13NO2S2. The molecule has 1 aliphatic heterocycles. The zero-order chi connectivity index (χ0) is 14.1. The lowest BCUT2D eigenvalue weighted by Gasteiger charge is -2.08. The summed E-state index contributed by atoms with van der Waals surface area (Å²) in [7, 11) is 0. The molecule has 0 amide bonds. The van der Waals surface area contributed by atoms with E-state index in [2.05, 4.69) is 22.2 Å². The number of aromatic nitrogens is 1. The Balaban J connectivity index is 1.69. The number of hydrogen-bond donors (Lipinski definition) is 0. The predicted octanol–water partition coefficient (Wildman–Crippen LogP) is 4.70. The highest BCUT2D eigenvalue weighted by molar-refractivity contribution is 7.14. The Morgan fingerprint density at radius 2 is 1.86 bits per heavy atom. The topological polar surface area (TPSA) is 31.4 Å². The van der Waals surface area contributed by atoms with Crippen molar-refractivity contribution in [3.8, 4) is 33.3 Å². The molecule has 0 unspecified atom stereocenters. The molecular weight excluding hydrogens is 302 g/mol. The van der Waals surface area contributed by atoms with Gasteiger partial charge in [-0.1, -0.05) is 0 Å². The molecule has 3 heterocycles. The van der Waals surface area contributed by atoms with Crippen molar-refractivity contribution >= 4 is 22.7 Å². The van der Waals surface area contributed by atoms with Crippen molar-refractivity contribution in [3.05, 3.63) is 40.4 Å². The highest BCUT2D eigenvalue weighted by Crippen LogP contribution is 2.36. The van der Waals surface area contributed by atoms with Crippen LogP contribution in [0.2, 0.25) is 0 Å². The van der Waals surface area contributed by atoms with E-state index in [0.717, 1.165) is 34.2 Å². The first-order valence-electron chi connectivity index (χ1n) is 6.78. The molecule has 3 aromatic rings. The SMILES string of the molecule is c1cc(-c2nc(-c3ccc4c(c3)OCCCO4)cs2)cs1. The van der Waals surface area contributed by atoms with Gasteiger partial charge in [0.05, 0.1) is 18.9 Å². The Bertz CT molecular complexity index is 749. The average Bonchev–Trinajstić information content (AvgIpc) is 3.14. The summed E-state index contributed by atoms with van der Waals surface area (Å²) < 4.78 is 11.4. The van der Waals surface area contributed by atoms with E-state index in [0.29, 0.717) is 13.2 Å². The van der Waals surface area contributed by atoms with Gasteiger partial charge in [-0.05, 0) is 29.6 Å². The van der Waals surface area contributed by atoms with E-state index in [1.54, 1.807) is 22.7 Å². The molecule has 1 aliphatic rings. The second kappa shape index (κ2) is 5.50. The van der Waals surface area contributed by atoms with Crippen LogP contribution in [-0.4, -0.2) is 18.2 Å². The molecule has 0 fully saturated rings. The number of nitrogens with zero attached hydrogens (tertiary/aromatic N) is 1. The summed E-state index contributed by atoms with van der Waals surface area (Å²) in [5.41, 5.74) is 3.24. The second-order valence-electron chi connectivity index (χ2n) is 4.76. The van der Waals surface area contributed by atoms with E-state index in [1.165, 1.54) is 5.56 Å². The fourth-order valence-corrected chi connectivity index (χ4v) is 3.79. The molecule has 3 nitrogen and oxygen atoms in total. The second-order valence-corrected chi connectivity index (χ2v) is 6.40. The fraction of sp³-hybridized carbons (Fsp3) is 0.188. The number of fused-ring (bicyclic) bond motifs is 1. The van der Waals surface area contributed by atoms with Gasteiger partial charge in [-0.15, -0.1) is 11.3 Å². The lowest BCUT2D eigenvalue weighted by molar-refractivity contribution is 0.297. The first kappa shape index (κ1) is 12.9. The van der Waals surface area contributed by atoms with Crippen LogP contribution in [0.4, 0.5) is 0 Å². The number of rotatable bonds is 2. The molecule has 106 valence electrons. The summed E-state index contributed by atoms with van der Waals surface area (Å²) in [6.07, 6.45) is 0.920. The summed E-state index contributed by atoms with van der Waals surface area (Å²) >= 11 is 3.36. The van der Waals surface area contributed by atoms with Gasteiger partial charge in [-0.25, -0.2) is 4.98 Å². The van der Waals surface area contributed by atoms with Gasteiger partial charge in [0.1, 0.15) is 5.01 Å². The molecule has 0 bridgehead atoms. The van der Waals surface area contributed by atoms with Crippen LogP contribution in [0.1, 0.15) is 6.42 Å². The van der Waals surface area contributed by atoms with E-state index < -0.39 is 0 Å². The standard InChI is InChI=1S/C16H13NO2S2/c1-5-18-14-3-2-11(8-15(14)19-6-1)13-10-21-16(17-13)12-4-7-20-9-12/h2-4,7-10H,1,5-6H2. The van der Waals surface area contributed by atoms with Crippen LogP contribution < -0.4 is 9.47 Å². The van der Waals surface area contributed by atoms with Gasteiger partial charge in [-0.2, -0.15) is 11.3 Å². The Kier molecular flexibility index (Phi) is 3.37. The minimum atomic E-state index is 0.702. The van der Waals surface area contributed by atoms with Crippen LogP contribution in [0.25, 0.3) is 21.8 Å². The van der Waals surface area contributed by atoms with Crippen LogP contribution >= 0.6 is 22.7 Å². The summed E-state index contributed by atoms with van der Waals surface area (Å²) in [6, 6.07) is 8.13. The molecule has 0 aliphatic carbocycles. The first-order valence-corrected chi connectivity index (χ1v) is 8.60. The molecule has 0 radical (unpaired) electrons. The predicted molar refractivity (Wildman–Crippen MR) is 86.5 cm³/mol. The quantitative estimate of drug-likeness (QED) is 0.687. The highest BCUT2D eigenvalue weighted by Gasteiger charge is 2.13. The molecule has 1 aromatic carbocycles. The van der Waals surface area contributed by atoms with E-state index in [4.69, 9.17) is 14.5 Å². The van der Waals surface area contributed by atoms with Gasteiger partial charge in [0.15, 0.2) is 11.5 Å². The van der Waals surface area contributed by atoms with Crippen molar-refractivity contribution in [1.29, 1.82) is 0 Å². The highest BCUT2D eigenvalue weighted by atomic mass is 32.1. The molecule has 4 rings (SSSR count). The van der Waals surface area contributed by atoms with E-state index in [9.17, 15) is 0 Å². The lowest BCUT2D eigenvalue weighted by Crippen LogP contribution is -1.97. The molecule has 2 aromatic heterocycles. The summed E-state index contributed by atoms with van der Waals surface area (Å²) in [5, 5.41) is 7.34. The normalized spacial score (nSPS) is 13.9. The largest absolute Gasteiger partial charge is 0.490 e. The summed E-state index contributed by atoms with van der Waals surface area (Å²) in [5.74, 6) is 1.64. The van der Waals surface area contributed by atoms with Gasteiger partial charge in [0.25, 0.3) is 0 Å². The number of ether oxygens (including phenoxy) is 2. The Labute approximate surface area is 130 Å². The van der Waals surface area contributed by atoms with E-state index in [1.807, 2.05) is 18.2 Å². The molecule has 0 N–H and O–H groups in total. The first-order chi connectivity index (χ1) is 10.4. The van der Waals surface area contributed by atoms with Crippen LogP contribution in [0.5, 0.6) is 11.5 Å². The van der Waals surface area contributed by atoms with Crippen molar-refractivity contribution in [2.75, 3.05) is 13.2 Å². The smallest absolute Gasteiger partial charge is 0.161 e.